The zero-order chi connectivity index (χ0) is 13.3. The average Bonchev–Trinajstić information content (AvgIpc) is 2.71. The number of carbonyl (C=O) groups is 1. The van der Waals surface area contributed by atoms with E-state index in [-0.39, 0.29) is 5.41 Å². The third kappa shape index (κ3) is 2.98. The molecule has 0 amide bonds. The minimum atomic E-state index is 0.131. The summed E-state index contributed by atoms with van der Waals surface area (Å²) in [7, 11) is 0. The minimum absolute atomic E-state index is 0.131. The van der Waals surface area contributed by atoms with Gasteiger partial charge in [-0.1, -0.05) is 27.7 Å². The maximum absolute atomic E-state index is 11.5. The molecule has 1 aliphatic rings. The van der Waals surface area contributed by atoms with Crippen LogP contribution < -0.4 is 0 Å². The van der Waals surface area contributed by atoms with Gasteiger partial charge >= 0.3 is 0 Å². The number of hydrogen-bond donors (Lipinski definition) is 0. The van der Waals surface area contributed by atoms with Crippen LogP contribution in [0.2, 0.25) is 0 Å². The maximum Gasteiger partial charge on any atom is 0.146 e. The van der Waals surface area contributed by atoms with E-state index in [4.69, 9.17) is 4.98 Å². The van der Waals surface area contributed by atoms with Crippen molar-refractivity contribution in [3.63, 3.8) is 0 Å². The molecule has 1 aromatic heterocycles. The van der Waals surface area contributed by atoms with E-state index in [9.17, 15) is 4.79 Å². The predicted molar refractivity (Wildman–Crippen MR) is 75.1 cm³/mol. The highest BCUT2D eigenvalue weighted by atomic mass is 32.1. The molecular formula is C14H22N2OS. The molecule has 0 aromatic carbocycles. The van der Waals surface area contributed by atoms with E-state index >= 15 is 0 Å². The summed E-state index contributed by atoms with van der Waals surface area (Å²) in [5.74, 6) is 0.332. The molecule has 1 aliphatic heterocycles. The molecule has 0 saturated carbocycles. The molecule has 3 nitrogen and oxygen atoms in total. The van der Waals surface area contributed by atoms with Crippen molar-refractivity contribution in [2.75, 3.05) is 13.1 Å². The third-order valence-electron chi connectivity index (χ3n) is 3.25. The molecule has 1 aromatic rings. The number of aromatic nitrogens is 1. The topological polar surface area (TPSA) is 33.2 Å². The first-order valence-electron chi connectivity index (χ1n) is 6.63. The summed E-state index contributed by atoms with van der Waals surface area (Å²) in [6.07, 6.45) is 1.62. The molecule has 100 valence electrons. The lowest BCUT2D eigenvalue weighted by Crippen LogP contribution is -2.34. The van der Waals surface area contributed by atoms with Crippen LogP contribution in [0.3, 0.4) is 0 Å². The van der Waals surface area contributed by atoms with Crippen LogP contribution in [0.25, 0.3) is 0 Å². The molecule has 4 heteroatoms. The van der Waals surface area contributed by atoms with Crippen molar-refractivity contribution in [1.82, 2.24) is 9.88 Å². The quantitative estimate of drug-likeness (QED) is 0.843. The molecule has 2 rings (SSSR count). The van der Waals surface area contributed by atoms with Gasteiger partial charge in [-0.2, -0.15) is 0 Å². The van der Waals surface area contributed by atoms with Gasteiger partial charge in [-0.25, -0.2) is 4.98 Å². The second-order valence-corrected chi connectivity index (χ2v) is 7.08. The summed E-state index contributed by atoms with van der Waals surface area (Å²) < 4.78 is 0. The third-order valence-corrected chi connectivity index (χ3v) is 4.75. The summed E-state index contributed by atoms with van der Waals surface area (Å²) in [5, 5.41) is 1.22. The van der Waals surface area contributed by atoms with Crippen LogP contribution in [0, 0.1) is 0 Å². The Hall–Kier alpha value is -0.740. The predicted octanol–water partition coefficient (Wildman–Crippen LogP) is 2.78. The van der Waals surface area contributed by atoms with Crippen molar-refractivity contribution in [2.24, 2.45) is 0 Å². The second-order valence-electron chi connectivity index (χ2n) is 5.99. The Kier molecular flexibility index (Phi) is 3.87. The summed E-state index contributed by atoms with van der Waals surface area (Å²) in [6, 6.07) is 0. The van der Waals surface area contributed by atoms with Gasteiger partial charge < -0.3 is 0 Å². The number of carbonyl (C=O) groups excluding carboxylic acids is 1. The largest absolute Gasteiger partial charge is 0.298 e. The van der Waals surface area contributed by atoms with Crippen molar-refractivity contribution in [3.8, 4) is 0 Å². The molecule has 0 bridgehead atoms. The van der Waals surface area contributed by atoms with Crippen molar-refractivity contribution in [1.29, 1.82) is 0 Å². The fraction of sp³-hybridized carbons (Fsp3) is 0.714. The lowest BCUT2D eigenvalue weighted by atomic mass is 9.98. The fourth-order valence-electron chi connectivity index (χ4n) is 2.07. The summed E-state index contributed by atoms with van der Waals surface area (Å²) in [4.78, 5) is 19.9. The summed E-state index contributed by atoms with van der Waals surface area (Å²) >= 11 is 1.82. The van der Waals surface area contributed by atoms with E-state index in [1.54, 1.807) is 0 Å². The van der Waals surface area contributed by atoms with Crippen LogP contribution in [0.15, 0.2) is 0 Å². The lowest BCUT2D eigenvalue weighted by Gasteiger charge is -2.24. The molecule has 0 radical (unpaired) electrons. The highest BCUT2D eigenvalue weighted by Gasteiger charge is 2.25. The lowest BCUT2D eigenvalue weighted by molar-refractivity contribution is -0.120. The Morgan fingerprint density at radius 1 is 1.44 bits per heavy atom. The standard InChI is InChI=1S/C14H22N2OS/c1-5-10(17)8-16-7-6-11-12(9-16)18-13(15-11)14(2,3)4/h5-9H2,1-4H3. The number of rotatable bonds is 3. The van der Waals surface area contributed by atoms with Crippen molar-refractivity contribution < 1.29 is 4.79 Å². The number of hydrogen-bond acceptors (Lipinski definition) is 4. The molecule has 2 heterocycles. The van der Waals surface area contributed by atoms with E-state index in [1.165, 1.54) is 15.6 Å². The van der Waals surface area contributed by atoms with E-state index in [0.29, 0.717) is 18.7 Å². The van der Waals surface area contributed by atoms with Crippen molar-refractivity contribution in [3.05, 3.63) is 15.6 Å². The molecule has 18 heavy (non-hydrogen) atoms. The molecule has 0 atom stereocenters. The Bertz CT molecular complexity index is 445. The van der Waals surface area contributed by atoms with Crippen LogP contribution in [0.5, 0.6) is 0 Å². The number of Topliss-reactive ketones (excluding diaryl/α,β-unsaturated/α-hetero) is 1. The van der Waals surface area contributed by atoms with Crippen molar-refractivity contribution >= 4 is 17.1 Å². The Balaban J connectivity index is 2.10. The van der Waals surface area contributed by atoms with Crippen LogP contribution in [-0.2, 0) is 23.2 Å². The van der Waals surface area contributed by atoms with Gasteiger partial charge in [-0.05, 0) is 0 Å². The second kappa shape index (κ2) is 5.10. The van der Waals surface area contributed by atoms with Crippen molar-refractivity contribution in [2.45, 2.75) is 52.5 Å². The smallest absolute Gasteiger partial charge is 0.146 e. The van der Waals surface area contributed by atoms with Gasteiger partial charge in [-0.15, -0.1) is 11.3 Å². The Morgan fingerprint density at radius 3 is 2.78 bits per heavy atom. The molecule has 0 aliphatic carbocycles. The first-order valence-corrected chi connectivity index (χ1v) is 7.45. The molecule has 0 unspecified atom stereocenters. The van der Waals surface area contributed by atoms with Gasteiger partial charge in [0.15, 0.2) is 0 Å². The van der Waals surface area contributed by atoms with Gasteiger partial charge in [0.25, 0.3) is 0 Å². The minimum Gasteiger partial charge on any atom is -0.298 e. The SMILES string of the molecule is CCC(=O)CN1CCc2nc(C(C)(C)C)sc2C1. The number of fused-ring (bicyclic) bond motifs is 1. The van der Waals surface area contributed by atoms with Crippen LogP contribution >= 0.6 is 11.3 Å². The normalized spacial score (nSPS) is 16.7. The first kappa shape index (κ1) is 13.7. The highest BCUT2D eigenvalue weighted by Crippen LogP contribution is 2.32. The zero-order valence-corrected chi connectivity index (χ0v) is 12.6. The molecule has 0 saturated heterocycles. The molecule has 0 N–H and O–H groups in total. The Morgan fingerprint density at radius 2 is 2.17 bits per heavy atom. The molecule has 0 spiro atoms. The van der Waals surface area contributed by atoms with Gasteiger partial charge in [0.1, 0.15) is 5.78 Å². The number of nitrogens with zero attached hydrogens (tertiary/aromatic N) is 2. The van der Waals surface area contributed by atoms with Gasteiger partial charge in [0.05, 0.1) is 17.2 Å². The number of ketones is 1. The van der Waals surface area contributed by atoms with Gasteiger partial charge in [0.2, 0.25) is 0 Å². The Labute approximate surface area is 113 Å². The number of thiazole rings is 1. The van der Waals surface area contributed by atoms with E-state index in [2.05, 4.69) is 25.7 Å². The summed E-state index contributed by atoms with van der Waals surface area (Å²) in [6.45, 7) is 11.0. The van der Waals surface area contributed by atoms with Crippen LogP contribution in [-0.4, -0.2) is 28.8 Å². The highest BCUT2D eigenvalue weighted by molar-refractivity contribution is 7.11. The average molecular weight is 266 g/mol. The van der Waals surface area contributed by atoms with E-state index < -0.39 is 0 Å². The molecular weight excluding hydrogens is 244 g/mol. The summed E-state index contributed by atoms with van der Waals surface area (Å²) in [5.41, 5.74) is 1.39. The van der Waals surface area contributed by atoms with E-state index in [0.717, 1.165) is 19.5 Å². The fourth-order valence-corrected chi connectivity index (χ4v) is 3.27. The monoisotopic (exact) mass is 266 g/mol. The first-order chi connectivity index (χ1) is 8.40. The zero-order valence-electron chi connectivity index (χ0n) is 11.7. The van der Waals surface area contributed by atoms with Gasteiger partial charge in [-0.3, -0.25) is 9.69 Å². The van der Waals surface area contributed by atoms with Gasteiger partial charge in [0, 0.05) is 36.2 Å². The van der Waals surface area contributed by atoms with Crippen LogP contribution in [0.1, 0.15) is 49.7 Å². The maximum atomic E-state index is 11.5. The van der Waals surface area contributed by atoms with E-state index in [1.807, 2.05) is 18.3 Å². The molecule has 0 fully saturated rings. The van der Waals surface area contributed by atoms with Crippen LogP contribution in [0.4, 0.5) is 0 Å².